The van der Waals surface area contributed by atoms with Gasteiger partial charge in [-0.05, 0) is 0 Å². The van der Waals surface area contributed by atoms with Crippen LogP contribution in [0.2, 0.25) is 0 Å². The molecule has 0 N–H and O–H groups in total. The van der Waals surface area contributed by atoms with Gasteiger partial charge in [0.05, 0.1) is 30.5 Å². The molecule has 0 aromatic carbocycles. The summed E-state index contributed by atoms with van der Waals surface area (Å²) in [6.45, 7) is 16.1. The van der Waals surface area contributed by atoms with E-state index in [1.54, 1.807) is 0 Å². The fourth-order valence-corrected chi connectivity index (χ4v) is 19.6. The van der Waals surface area contributed by atoms with Crippen LogP contribution in [0.4, 0.5) is 0 Å². The van der Waals surface area contributed by atoms with Crippen LogP contribution in [0.1, 0.15) is 111 Å². The van der Waals surface area contributed by atoms with Crippen LogP contribution in [-0.4, -0.2) is 341 Å². The van der Waals surface area contributed by atoms with Crippen LogP contribution in [-0.2, 0) is 214 Å². The first kappa shape index (κ1) is 109. The third-order valence-corrected chi connectivity index (χ3v) is 24.8. The second-order valence-electron chi connectivity index (χ2n) is 28.7. The molecular weight excluding hydrogens is 2500 g/mol. The number of carbonyl (C=O) groups excluding carboxylic acids is 16. The Bertz CT molecular complexity index is 3830. The topological polar surface area (TPSA) is 541 Å². The van der Waals surface area contributed by atoms with Crippen molar-refractivity contribution < 1.29 is 214 Å². The number of hydrogen-bond donors (Lipinski definition) is 0. The minimum atomic E-state index is -1.98. The highest BCUT2D eigenvalue weighted by molar-refractivity contribution is 14.1. The van der Waals surface area contributed by atoms with E-state index in [1.165, 1.54) is 0 Å². The normalized spacial score (nSPS) is 36.7. The quantitative estimate of drug-likeness (QED) is 0.0381. The number of hydrogen-bond acceptors (Lipinski definition) is 45. The smallest absolute Gasteiger partial charge is 0.305 e. The lowest BCUT2D eigenvalue weighted by Crippen LogP contribution is -2.70. The Morgan fingerprint density at radius 2 is 0.254 bits per heavy atom. The summed E-state index contributed by atoms with van der Waals surface area (Å²) in [6.07, 6.45) is -59.5. The summed E-state index contributed by atoms with van der Waals surface area (Å²) in [5.41, 5.74) is 0. The van der Waals surface area contributed by atoms with Gasteiger partial charge in [0.1, 0.15) is 48.8 Å². The molecule has 0 amide bonds. The maximum Gasteiger partial charge on any atom is 0.305 e. The van der Waals surface area contributed by atoms with Crippen LogP contribution < -0.4 is 0 Å². The first-order valence-electron chi connectivity index (χ1n) is 38.5. The molecule has 0 aromatic heterocycles. The standard InChI is InChI=1S/C74H97I7O45/c1-24(82)98-47-40(17-75)115-69(62(107-33(10)91)54(47)99-25(2)83)122-49-42(19-77)117-71(64(109-35(12)93)56(49)101-27(4)85)124-51-44(21-79)119-73(66(111-37(14)95)58(51)103-29(6)87)126-53-46(23-81)120-74(67(112-38(15)96)60(53)105-31(8)89)125-52-45(22-80)118-72(65(110-36(13)94)59(52)104-30(7)88)123-50-43(20-78)116-70(63(108-34(11)92)57(50)102-28(5)86)121-48-41(18-76)114-68(113-39(16)97)61(106-32(9)90)55(48)100-26(3)84/h40-74H,17-23H2,1-16H3/t40-,41-,42-,43-,44-,45-,46-,47-,48-,49-,50-,51-,52-,53-,54+,55+,56+,57+,58+,59+,60+,61-,62-,63-,64-,65-,66-,67-,68+,69-,70-,71-,72-,73-,74-/m1/s1. The third-order valence-electron chi connectivity index (χ3n) is 18.8. The molecule has 7 rings (SSSR count). The van der Waals surface area contributed by atoms with Crippen LogP contribution >= 0.6 is 158 Å². The van der Waals surface area contributed by atoms with E-state index in [0.29, 0.717) is 0 Å². The van der Waals surface area contributed by atoms with E-state index in [9.17, 15) is 76.7 Å². The number of rotatable bonds is 35. The number of halogens is 7. The summed E-state index contributed by atoms with van der Waals surface area (Å²) in [5, 5.41) is 0. The Kier molecular flexibility index (Phi) is 44.2. The highest BCUT2D eigenvalue weighted by Gasteiger charge is 2.65. The second kappa shape index (κ2) is 51.0. The zero-order valence-corrected chi connectivity index (χ0v) is 85.3. The summed E-state index contributed by atoms with van der Waals surface area (Å²) in [4.78, 5) is 212. The van der Waals surface area contributed by atoms with Crippen molar-refractivity contribution in [3.63, 3.8) is 0 Å². The molecule has 45 nitrogen and oxygen atoms in total. The molecule has 126 heavy (non-hydrogen) atoms. The summed E-state index contributed by atoms with van der Waals surface area (Å²) >= 11 is 13.2. The maximum atomic E-state index is 13.7. The van der Waals surface area contributed by atoms with Crippen LogP contribution in [0.15, 0.2) is 0 Å². The largest absolute Gasteiger partial charge is 0.456 e. The summed E-state index contributed by atoms with van der Waals surface area (Å²) < 4.78 is 179. The van der Waals surface area contributed by atoms with E-state index in [0.717, 1.165) is 111 Å². The minimum absolute atomic E-state index is 0.00816. The summed E-state index contributed by atoms with van der Waals surface area (Å²) in [7, 11) is 0. The lowest BCUT2D eigenvalue weighted by atomic mass is 9.95. The first-order valence-corrected chi connectivity index (χ1v) is 49.2. The molecule has 7 fully saturated rings. The van der Waals surface area contributed by atoms with Crippen LogP contribution in [0.3, 0.4) is 0 Å². The molecule has 0 radical (unpaired) electrons. The van der Waals surface area contributed by atoms with Crippen LogP contribution in [0.25, 0.3) is 0 Å². The Morgan fingerprint density at radius 1 is 0.151 bits per heavy atom. The van der Waals surface area contributed by atoms with E-state index < -0.39 is 310 Å². The molecule has 0 unspecified atom stereocenters. The van der Waals surface area contributed by atoms with Crippen LogP contribution in [0, 0.1) is 0 Å². The van der Waals surface area contributed by atoms with Crippen molar-refractivity contribution in [1.29, 1.82) is 0 Å². The van der Waals surface area contributed by atoms with Crippen molar-refractivity contribution in [2.75, 3.05) is 31.0 Å². The Hall–Kier alpha value is -3.89. The molecule has 712 valence electrons. The molecule has 0 spiro atoms. The van der Waals surface area contributed by atoms with Gasteiger partial charge in [-0.3, -0.25) is 76.7 Å². The van der Waals surface area contributed by atoms with Gasteiger partial charge in [0, 0.05) is 142 Å². The highest BCUT2D eigenvalue weighted by atomic mass is 127. The summed E-state index contributed by atoms with van der Waals surface area (Å²) in [6, 6.07) is 0. The number of carbonyl (C=O) groups is 16. The van der Waals surface area contributed by atoms with Gasteiger partial charge in [0.2, 0.25) is 12.4 Å². The second-order valence-corrected chi connectivity index (χ2v) is 34.9. The van der Waals surface area contributed by atoms with Crippen molar-refractivity contribution in [3.8, 4) is 0 Å². The third kappa shape index (κ3) is 30.1. The molecule has 52 heteroatoms. The highest BCUT2D eigenvalue weighted by Crippen LogP contribution is 2.45. The van der Waals surface area contributed by atoms with Gasteiger partial charge in [-0.25, -0.2) is 0 Å². The fraction of sp³-hybridized carbons (Fsp3) is 0.784. The van der Waals surface area contributed by atoms with Crippen molar-refractivity contribution in [3.05, 3.63) is 0 Å². The molecule has 0 saturated carbocycles. The van der Waals surface area contributed by atoms with Gasteiger partial charge in [0.25, 0.3) is 0 Å². The van der Waals surface area contributed by atoms with E-state index in [2.05, 4.69) is 0 Å². The minimum Gasteiger partial charge on any atom is -0.456 e. The lowest BCUT2D eigenvalue weighted by Gasteiger charge is -2.52. The molecular formula is C74H97I7O45. The first-order chi connectivity index (χ1) is 59.3. The number of ether oxygens (including phenoxy) is 29. The molecule has 7 heterocycles. The lowest BCUT2D eigenvalue weighted by molar-refractivity contribution is -0.390. The molecule has 0 aliphatic carbocycles. The number of alkyl halides is 7. The predicted octanol–water partition coefficient (Wildman–Crippen LogP) is 2.96. The summed E-state index contributed by atoms with van der Waals surface area (Å²) in [5.74, 6) is -15.8. The molecule has 0 bridgehead atoms. The van der Waals surface area contributed by atoms with Gasteiger partial charge >= 0.3 is 95.5 Å². The van der Waals surface area contributed by atoms with Gasteiger partial charge in [-0.2, -0.15) is 0 Å². The van der Waals surface area contributed by atoms with Crippen molar-refractivity contribution in [2.45, 2.75) is 326 Å². The SMILES string of the molecule is CC(=O)O[C@H]1O[C@H](CI)[C@@H](O[C@H]2O[C@H](CI)[C@@H](O[C@H]3O[C@H](CI)[C@@H](O[C@H]4O[C@H](CI)[C@@H](O[C@H]5O[C@H](CI)[C@@H](O[C@H]6O[C@H](CI)[C@@H](O[C@H]7O[C@H](CI)[C@@H](OC(C)=O)[C@H](OC(C)=O)[C@H]7OC(C)=O)[C@H](OC(C)=O)[C@H]6OC(C)=O)[C@H](OC(C)=O)[C@H]5OC(C)=O)[C@H](OC(C)=O)[C@H]4OC(C)=O)[C@H](OC(C)=O)[C@H]3OC(C)=O)[C@H](OC(C)=O)[C@H]2OC(C)=O)[C@H](OC(C)=O)[C@H]1OC(C)=O. The molecule has 7 saturated heterocycles. The molecule has 35 atom stereocenters. The van der Waals surface area contributed by atoms with Gasteiger partial charge in [-0.15, -0.1) is 0 Å². The van der Waals surface area contributed by atoms with E-state index in [4.69, 9.17) is 137 Å². The Balaban J connectivity index is 1.26. The molecule has 7 aliphatic heterocycles. The zero-order valence-electron chi connectivity index (χ0n) is 70.2. The maximum absolute atomic E-state index is 13.7. The average Bonchev–Trinajstić information content (AvgIpc) is 0.754. The molecule has 0 aromatic rings. The monoisotopic (exact) mass is 2590 g/mol. The van der Waals surface area contributed by atoms with Crippen molar-refractivity contribution in [2.24, 2.45) is 0 Å². The fourth-order valence-electron chi connectivity index (χ4n) is 14.7. The van der Waals surface area contributed by atoms with Gasteiger partial charge in [0.15, 0.2) is 123 Å². The average molecular weight is 2590 g/mol. The molecule has 7 aliphatic rings. The van der Waals surface area contributed by atoms with E-state index in [1.807, 2.05) is 158 Å². The zero-order chi connectivity index (χ0) is 93.9. The Morgan fingerprint density at radius 3 is 0.389 bits per heavy atom. The van der Waals surface area contributed by atoms with E-state index in [-0.39, 0.29) is 31.0 Å². The van der Waals surface area contributed by atoms with Crippen molar-refractivity contribution in [1.82, 2.24) is 0 Å². The predicted molar refractivity (Wildman–Crippen MR) is 467 cm³/mol. The van der Waals surface area contributed by atoms with Crippen LogP contribution in [0.5, 0.6) is 0 Å². The van der Waals surface area contributed by atoms with Crippen molar-refractivity contribution >= 4 is 254 Å². The van der Waals surface area contributed by atoms with Gasteiger partial charge < -0.3 is 137 Å². The number of esters is 16. The van der Waals surface area contributed by atoms with Gasteiger partial charge in [-0.1, -0.05) is 158 Å². The Labute approximate surface area is 816 Å². The van der Waals surface area contributed by atoms with E-state index >= 15 is 0 Å².